The molecule has 0 radical (unpaired) electrons. The molecule has 0 aromatic carbocycles. The molecular weight excluding hydrogens is 210 g/mol. The second-order valence-corrected chi connectivity index (χ2v) is 4.10. The molecule has 80 valence electrons. The highest BCUT2D eigenvalue weighted by molar-refractivity contribution is 6.29. The van der Waals surface area contributed by atoms with Crippen molar-refractivity contribution in [3.8, 4) is 6.07 Å². The Balaban J connectivity index is 2.52. The fourth-order valence-electron chi connectivity index (χ4n) is 1.43. The van der Waals surface area contributed by atoms with Crippen molar-refractivity contribution in [2.75, 3.05) is 13.6 Å². The predicted molar refractivity (Wildman–Crippen MR) is 60.4 cm³/mol. The summed E-state index contributed by atoms with van der Waals surface area (Å²) in [7, 11) is 1.99. The molecule has 0 aliphatic rings. The Morgan fingerprint density at radius 1 is 1.67 bits per heavy atom. The van der Waals surface area contributed by atoms with Gasteiger partial charge >= 0.3 is 0 Å². The van der Waals surface area contributed by atoms with Gasteiger partial charge in [-0.1, -0.05) is 11.6 Å². The lowest BCUT2D eigenvalue weighted by molar-refractivity contribution is 0.303. The molecule has 1 atom stereocenters. The van der Waals surface area contributed by atoms with E-state index in [1.165, 1.54) is 0 Å². The SMILES string of the molecule is CC(C#N)CN(C)Cc1ccnc(Cl)c1. The third-order valence-electron chi connectivity index (χ3n) is 2.05. The lowest BCUT2D eigenvalue weighted by atomic mass is 10.2. The van der Waals surface area contributed by atoms with E-state index in [0.29, 0.717) is 5.15 Å². The number of nitrogens with zero attached hydrogens (tertiary/aromatic N) is 3. The summed E-state index contributed by atoms with van der Waals surface area (Å²) in [5.41, 5.74) is 1.11. The highest BCUT2D eigenvalue weighted by Crippen LogP contribution is 2.09. The van der Waals surface area contributed by atoms with E-state index in [-0.39, 0.29) is 5.92 Å². The van der Waals surface area contributed by atoms with Crippen LogP contribution < -0.4 is 0 Å². The summed E-state index contributed by atoms with van der Waals surface area (Å²) in [5.74, 6) is 0.0484. The minimum absolute atomic E-state index is 0.0484. The van der Waals surface area contributed by atoms with E-state index >= 15 is 0 Å². The second kappa shape index (κ2) is 5.69. The Kier molecular flexibility index (Phi) is 4.54. The summed E-state index contributed by atoms with van der Waals surface area (Å²) in [6, 6.07) is 5.99. The van der Waals surface area contributed by atoms with Crippen molar-refractivity contribution in [2.24, 2.45) is 5.92 Å². The molecule has 0 saturated carbocycles. The number of halogens is 1. The summed E-state index contributed by atoms with van der Waals surface area (Å²) in [4.78, 5) is 6.02. The van der Waals surface area contributed by atoms with Crippen molar-refractivity contribution >= 4 is 11.6 Å². The van der Waals surface area contributed by atoms with E-state index < -0.39 is 0 Å². The van der Waals surface area contributed by atoms with E-state index in [9.17, 15) is 0 Å². The molecule has 3 nitrogen and oxygen atoms in total. The lowest BCUT2D eigenvalue weighted by Crippen LogP contribution is -2.23. The molecule has 1 unspecified atom stereocenters. The first kappa shape index (κ1) is 12.0. The van der Waals surface area contributed by atoms with Crippen molar-refractivity contribution in [3.63, 3.8) is 0 Å². The summed E-state index contributed by atoms with van der Waals surface area (Å²) in [6.45, 7) is 3.46. The summed E-state index contributed by atoms with van der Waals surface area (Å²) >= 11 is 5.78. The molecule has 0 aliphatic heterocycles. The average molecular weight is 224 g/mol. The van der Waals surface area contributed by atoms with Crippen molar-refractivity contribution in [2.45, 2.75) is 13.5 Å². The number of nitriles is 1. The van der Waals surface area contributed by atoms with E-state index in [1.807, 2.05) is 26.1 Å². The minimum Gasteiger partial charge on any atom is -0.301 e. The number of hydrogen-bond donors (Lipinski definition) is 0. The van der Waals surface area contributed by atoms with Crippen LogP contribution in [0, 0.1) is 17.2 Å². The maximum Gasteiger partial charge on any atom is 0.129 e. The Labute approximate surface area is 95.3 Å². The fraction of sp³-hybridized carbons (Fsp3) is 0.455. The standard InChI is InChI=1S/C11H14ClN3/c1-9(6-13)7-15(2)8-10-3-4-14-11(12)5-10/h3-5,9H,7-8H2,1-2H3. The van der Waals surface area contributed by atoms with Crippen LogP contribution in [0.3, 0.4) is 0 Å². The van der Waals surface area contributed by atoms with Crippen LogP contribution in [0.1, 0.15) is 12.5 Å². The Hall–Kier alpha value is -1.11. The molecule has 0 spiro atoms. The molecule has 15 heavy (non-hydrogen) atoms. The van der Waals surface area contributed by atoms with E-state index in [2.05, 4.69) is 16.0 Å². The van der Waals surface area contributed by atoms with E-state index in [0.717, 1.165) is 18.7 Å². The van der Waals surface area contributed by atoms with Gasteiger partial charge in [-0.05, 0) is 31.7 Å². The molecule has 0 saturated heterocycles. The van der Waals surface area contributed by atoms with Crippen LogP contribution in [0.25, 0.3) is 0 Å². The zero-order valence-corrected chi connectivity index (χ0v) is 9.70. The van der Waals surface area contributed by atoms with Crippen LogP contribution in [0.15, 0.2) is 18.3 Å². The molecular formula is C11H14ClN3. The maximum atomic E-state index is 8.69. The summed E-state index contributed by atoms with van der Waals surface area (Å²) < 4.78 is 0. The first-order valence-electron chi connectivity index (χ1n) is 4.80. The molecule has 1 heterocycles. The maximum absolute atomic E-state index is 8.69. The van der Waals surface area contributed by atoms with Gasteiger partial charge in [0.15, 0.2) is 0 Å². The molecule has 0 amide bonds. The van der Waals surface area contributed by atoms with Gasteiger partial charge in [0.1, 0.15) is 5.15 Å². The molecule has 1 aromatic heterocycles. The fourth-order valence-corrected chi connectivity index (χ4v) is 1.62. The van der Waals surface area contributed by atoms with Crippen LogP contribution >= 0.6 is 11.6 Å². The molecule has 4 heteroatoms. The molecule has 0 bridgehead atoms. The van der Waals surface area contributed by atoms with Crippen LogP contribution in [0.4, 0.5) is 0 Å². The van der Waals surface area contributed by atoms with Crippen molar-refractivity contribution < 1.29 is 0 Å². The van der Waals surface area contributed by atoms with Crippen LogP contribution in [-0.2, 0) is 6.54 Å². The van der Waals surface area contributed by atoms with Crippen molar-refractivity contribution in [1.82, 2.24) is 9.88 Å². The quantitative estimate of drug-likeness (QED) is 0.736. The van der Waals surface area contributed by atoms with Gasteiger partial charge in [0.25, 0.3) is 0 Å². The zero-order chi connectivity index (χ0) is 11.3. The van der Waals surface area contributed by atoms with Gasteiger partial charge in [-0.2, -0.15) is 5.26 Å². The van der Waals surface area contributed by atoms with Crippen LogP contribution in [0.5, 0.6) is 0 Å². The second-order valence-electron chi connectivity index (χ2n) is 3.71. The first-order chi connectivity index (χ1) is 7.11. The third kappa shape index (κ3) is 4.28. The Morgan fingerprint density at radius 2 is 2.40 bits per heavy atom. The zero-order valence-electron chi connectivity index (χ0n) is 8.94. The highest BCUT2D eigenvalue weighted by atomic mass is 35.5. The van der Waals surface area contributed by atoms with E-state index in [1.54, 1.807) is 6.20 Å². The van der Waals surface area contributed by atoms with Gasteiger partial charge < -0.3 is 4.90 Å². The number of aromatic nitrogens is 1. The first-order valence-corrected chi connectivity index (χ1v) is 5.18. The topological polar surface area (TPSA) is 39.9 Å². The summed E-state index contributed by atoms with van der Waals surface area (Å²) in [5, 5.41) is 9.19. The lowest BCUT2D eigenvalue weighted by Gasteiger charge is -2.17. The van der Waals surface area contributed by atoms with Gasteiger partial charge in [0.05, 0.1) is 12.0 Å². The monoisotopic (exact) mass is 223 g/mol. The van der Waals surface area contributed by atoms with Gasteiger partial charge in [0.2, 0.25) is 0 Å². The van der Waals surface area contributed by atoms with Gasteiger partial charge in [0, 0.05) is 19.3 Å². The minimum atomic E-state index is 0.0484. The number of pyridine rings is 1. The van der Waals surface area contributed by atoms with E-state index in [4.69, 9.17) is 16.9 Å². The highest BCUT2D eigenvalue weighted by Gasteiger charge is 2.05. The molecule has 0 fully saturated rings. The number of rotatable bonds is 4. The molecule has 1 aromatic rings. The van der Waals surface area contributed by atoms with Gasteiger partial charge in [-0.3, -0.25) is 0 Å². The Morgan fingerprint density at radius 3 is 3.00 bits per heavy atom. The van der Waals surface area contributed by atoms with Crippen molar-refractivity contribution in [1.29, 1.82) is 5.26 Å². The largest absolute Gasteiger partial charge is 0.301 e. The predicted octanol–water partition coefficient (Wildman–Crippen LogP) is 2.33. The molecule has 0 aliphatic carbocycles. The average Bonchev–Trinajstić information content (AvgIpc) is 2.17. The molecule has 1 rings (SSSR count). The normalized spacial score (nSPS) is 12.5. The third-order valence-corrected chi connectivity index (χ3v) is 2.26. The van der Waals surface area contributed by atoms with Gasteiger partial charge in [-0.25, -0.2) is 4.98 Å². The molecule has 0 N–H and O–H groups in total. The van der Waals surface area contributed by atoms with Gasteiger partial charge in [-0.15, -0.1) is 0 Å². The smallest absolute Gasteiger partial charge is 0.129 e. The Bertz CT molecular complexity index is 359. The van der Waals surface area contributed by atoms with Crippen molar-refractivity contribution in [3.05, 3.63) is 29.0 Å². The summed E-state index contributed by atoms with van der Waals surface area (Å²) in [6.07, 6.45) is 1.69. The van der Waals surface area contributed by atoms with Crippen LogP contribution in [-0.4, -0.2) is 23.5 Å². The number of hydrogen-bond acceptors (Lipinski definition) is 3. The van der Waals surface area contributed by atoms with Crippen LogP contribution in [0.2, 0.25) is 5.15 Å².